The van der Waals surface area contributed by atoms with Crippen molar-refractivity contribution in [3.8, 4) is 0 Å². The Hall–Kier alpha value is -1.97. The SMILES string of the molecule is Cc1c(F)ccc2[nH]cc(C=O)c(=O)c12. The molecular formula is C11H8FNO2. The molecule has 0 radical (unpaired) electrons. The van der Waals surface area contributed by atoms with Crippen LogP contribution in [0, 0.1) is 12.7 Å². The smallest absolute Gasteiger partial charge is 0.200 e. The number of aryl methyl sites for hydroxylation is 1. The summed E-state index contributed by atoms with van der Waals surface area (Å²) >= 11 is 0. The minimum Gasteiger partial charge on any atom is -0.360 e. The van der Waals surface area contributed by atoms with Gasteiger partial charge in [0, 0.05) is 11.7 Å². The first-order valence-corrected chi connectivity index (χ1v) is 4.41. The van der Waals surface area contributed by atoms with E-state index in [1.807, 2.05) is 0 Å². The third-order valence-corrected chi connectivity index (χ3v) is 2.40. The van der Waals surface area contributed by atoms with E-state index in [1.54, 1.807) is 0 Å². The van der Waals surface area contributed by atoms with Crippen molar-refractivity contribution in [1.29, 1.82) is 0 Å². The zero-order valence-corrected chi connectivity index (χ0v) is 8.00. The van der Waals surface area contributed by atoms with Crippen LogP contribution >= 0.6 is 0 Å². The van der Waals surface area contributed by atoms with Crippen molar-refractivity contribution < 1.29 is 9.18 Å². The van der Waals surface area contributed by atoms with Gasteiger partial charge in [-0.25, -0.2) is 4.39 Å². The van der Waals surface area contributed by atoms with Gasteiger partial charge in [-0.1, -0.05) is 0 Å². The van der Waals surface area contributed by atoms with E-state index in [1.165, 1.54) is 25.3 Å². The van der Waals surface area contributed by atoms with Crippen molar-refractivity contribution in [3.05, 3.63) is 45.5 Å². The summed E-state index contributed by atoms with van der Waals surface area (Å²) in [5, 5.41) is 0.236. The molecule has 0 aliphatic carbocycles. The molecule has 15 heavy (non-hydrogen) atoms. The van der Waals surface area contributed by atoms with Crippen LogP contribution in [-0.2, 0) is 0 Å². The van der Waals surface area contributed by atoms with Gasteiger partial charge in [-0.3, -0.25) is 9.59 Å². The van der Waals surface area contributed by atoms with E-state index in [9.17, 15) is 14.0 Å². The number of fused-ring (bicyclic) bond motifs is 1. The fraction of sp³-hybridized carbons (Fsp3) is 0.0909. The number of halogens is 1. The predicted molar refractivity (Wildman–Crippen MR) is 54.7 cm³/mol. The predicted octanol–water partition coefficient (Wildman–Crippen LogP) is 1.79. The molecule has 4 heteroatoms. The van der Waals surface area contributed by atoms with Gasteiger partial charge in [0.25, 0.3) is 0 Å². The molecule has 0 saturated carbocycles. The molecule has 2 rings (SSSR count). The largest absolute Gasteiger partial charge is 0.360 e. The number of H-pyrrole nitrogens is 1. The third-order valence-electron chi connectivity index (χ3n) is 2.40. The van der Waals surface area contributed by atoms with E-state index in [0.717, 1.165) is 0 Å². The van der Waals surface area contributed by atoms with Gasteiger partial charge in [0.05, 0.1) is 10.9 Å². The highest BCUT2D eigenvalue weighted by Crippen LogP contribution is 2.15. The van der Waals surface area contributed by atoms with Crippen LogP contribution in [0.1, 0.15) is 15.9 Å². The van der Waals surface area contributed by atoms with Crippen LogP contribution < -0.4 is 5.43 Å². The van der Waals surface area contributed by atoms with Crippen molar-refractivity contribution in [2.75, 3.05) is 0 Å². The maximum absolute atomic E-state index is 13.2. The molecule has 0 amide bonds. The fourth-order valence-corrected chi connectivity index (χ4v) is 1.55. The first-order valence-electron chi connectivity index (χ1n) is 4.41. The van der Waals surface area contributed by atoms with E-state index in [0.29, 0.717) is 11.8 Å². The Morgan fingerprint density at radius 1 is 1.40 bits per heavy atom. The van der Waals surface area contributed by atoms with Crippen LogP contribution in [0.3, 0.4) is 0 Å². The van der Waals surface area contributed by atoms with Gasteiger partial charge in [-0.05, 0) is 24.6 Å². The van der Waals surface area contributed by atoms with Crippen molar-refractivity contribution in [2.45, 2.75) is 6.92 Å². The number of benzene rings is 1. The minimum atomic E-state index is -0.448. The van der Waals surface area contributed by atoms with Gasteiger partial charge >= 0.3 is 0 Å². The molecule has 3 nitrogen and oxygen atoms in total. The molecule has 0 bridgehead atoms. The molecule has 0 spiro atoms. The van der Waals surface area contributed by atoms with Crippen LogP contribution in [0.15, 0.2) is 23.1 Å². The lowest BCUT2D eigenvalue weighted by Crippen LogP contribution is -2.11. The summed E-state index contributed by atoms with van der Waals surface area (Å²) in [7, 11) is 0. The number of pyridine rings is 1. The zero-order valence-electron chi connectivity index (χ0n) is 8.00. The van der Waals surface area contributed by atoms with Gasteiger partial charge in [0.2, 0.25) is 0 Å². The Morgan fingerprint density at radius 2 is 2.13 bits per heavy atom. The molecule has 1 aromatic carbocycles. The van der Waals surface area contributed by atoms with Crippen LogP contribution in [-0.4, -0.2) is 11.3 Å². The number of nitrogens with one attached hydrogen (secondary N) is 1. The summed E-state index contributed by atoms with van der Waals surface area (Å²) in [6.45, 7) is 1.52. The Kier molecular flexibility index (Phi) is 2.11. The van der Waals surface area contributed by atoms with Gasteiger partial charge < -0.3 is 4.98 Å². The van der Waals surface area contributed by atoms with Crippen LogP contribution in [0.5, 0.6) is 0 Å². The van der Waals surface area contributed by atoms with Crippen LogP contribution in [0.4, 0.5) is 4.39 Å². The molecule has 0 fully saturated rings. The normalized spacial score (nSPS) is 10.5. The molecule has 0 saturated heterocycles. The number of aromatic amines is 1. The Labute approximate surface area is 84.6 Å². The summed E-state index contributed by atoms with van der Waals surface area (Å²) in [6.07, 6.45) is 1.79. The number of carbonyl (C=O) groups is 1. The summed E-state index contributed by atoms with van der Waals surface area (Å²) in [4.78, 5) is 25.0. The maximum Gasteiger partial charge on any atom is 0.200 e. The molecule has 0 aliphatic rings. The summed E-state index contributed by atoms with van der Waals surface area (Å²) in [6, 6.07) is 2.77. The van der Waals surface area contributed by atoms with E-state index in [2.05, 4.69) is 4.98 Å². The highest BCUT2D eigenvalue weighted by atomic mass is 19.1. The van der Waals surface area contributed by atoms with Crippen LogP contribution in [0.25, 0.3) is 10.9 Å². The Bertz CT molecular complexity index is 601. The Morgan fingerprint density at radius 3 is 2.80 bits per heavy atom. The van der Waals surface area contributed by atoms with E-state index in [-0.39, 0.29) is 16.5 Å². The molecule has 2 aromatic rings. The number of hydrogen-bond donors (Lipinski definition) is 1. The van der Waals surface area contributed by atoms with Crippen molar-refractivity contribution in [3.63, 3.8) is 0 Å². The third kappa shape index (κ3) is 1.34. The van der Waals surface area contributed by atoms with E-state index < -0.39 is 11.2 Å². The Balaban J connectivity index is 3.02. The second-order valence-corrected chi connectivity index (χ2v) is 3.29. The van der Waals surface area contributed by atoms with Crippen LogP contribution in [0.2, 0.25) is 0 Å². The van der Waals surface area contributed by atoms with E-state index >= 15 is 0 Å². The molecule has 0 unspecified atom stereocenters. The lowest BCUT2D eigenvalue weighted by Gasteiger charge is -2.02. The average Bonchev–Trinajstić information content (AvgIpc) is 2.24. The lowest BCUT2D eigenvalue weighted by atomic mass is 10.1. The second kappa shape index (κ2) is 3.31. The molecule has 0 aliphatic heterocycles. The highest BCUT2D eigenvalue weighted by Gasteiger charge is 2.09. The quantitative estimate of drug-likeness (QED) is 0.721. The van der Waals surface area contributed by atoms with Gasteiger partial charge in [-0.2, -0.15) is 0 Å². The van der Waals surface area contributed by atoms with Crippen molar-refractivity contribution in [2.24, 2.45) is 0 Å². The highest BCUT2D eigenvalue weighted by molar-refractivity contribution is 5.87. The standard InChI is InChI=1S/C11H8FNO2/c1-6-8(12)2-3-9-10(6)11(15)7(5-14)4-13-9/h2-5H,1H3,(H,13,15). The number of aldehydes is 1. The molecule has 76 valence electrons. The number of aromatic nitrogens is 1. The fourth-order valence-electron chi connectivity index (χ4n) is 1.55. The monoisotopic (exact) mass is 205 g/mol. The summed E-state index contributed by atoms with van der Waals surface area (Å²) in [5.41, 5.74) is 0.369. The molecule has 0 atom stereocenters. The lowest BCUT2D eigenvalue weighted by molar-refractivity contribution is 0.112. The second-order valence-electron chi connectivity index (χ2n) is 3.29. The maximum atomic E-state index is 13.2. The number of hydrogen-bond acceptors (Lipinski definition) is 2. The van der Waals surface area contributed by atoms with Crippen molar-refractivity contribution >= 4 is 17.2 Å². The number of carbonyl (C=O) groups excluding carboxylic acids is 1. The van der Waals surface area contributed by atoms with E-state index in [4.69, 9.17) is 0 Å². The van der Waals surface area contributed by atoms with Gasteiger partial charge in [0.1, 0.15) is 5.82 Å². The van der Waals surface area contributed by atoms with Gasteiger partial charge in [0.15, 0.2) is 11.7 Å². The molecule has 1 aromatic heterocycles. The topological polar surface area (TPSA) is 49.9 Å². The number of rotatable bonds is 1. The first kappa shape index (κ1) is 9.58. The van der Waals surface area contributed by atoms with Gasteiger partial charge in [-0.15, -0.1) is 0 Å². The molecular weight excluding hydrogens is 197 g/mol. The minimum absolute atomic E-state index is 0.0104. The summed E-state index contributed by atoms with van der Waals surface area (Å²) < 4.78 is 13.2. The summed E-state index contributed by atoms with van der Waals surface area (Å²) in [5.74, 6) is -0.448. The first-order chi connectivity index (χ1) is 7.15. The molecule has 1 heterocycles. The van der Waals surface area contributed by atoms with Crippen molar-refractivity contribution in [1.82, 2.24) is 4.98 Å². The molecule has 1 N–H and O–H groups in total. The average molecular weight is 205 g/mol. The zero-order chi connectivity index (χ0) is 11.0.